The molecule has 0 radical (unpaired) electrons. The molecule has 2 N–H and O–H groups in total. The highest BCUT2D eigenvalue weighted by molar-refractivity contribution is 5.01. The molecule has 0 amide bonds. The summed E-state index contributed by atoms with van der Waals surface area (Å²) in [7, 11) is 0. The van der Waals surface area contributed by atoms with E-state index in [0.29, 0.717) is 11.8 Å². The van der Waals surface area contributed by atoms with Crippen LogP contribution < -0.4 is 0 Å². The Morgan fingerprint density at radius 3 is 2.67 bits per heavy atom. The van der Waals surface area contributed by atoms with Gasteiger partial charge in [0, 0.05) is 5.92 Å². The molecule has 0 heterocycles. The number of fused-ring (bicyclic) bond motifs is 2. The monoisotopic (exact) mass is 170 g/mol. The first-order chi connectivity index (χ1) is 5.52. The van der Waals surface area contributed by atoms with Crippen LogP contribution in [0.15, 0.2) is 0 Å². The number of hydrogen-bond donors (Lipinski definition) is 2. The smallest absolute Gasteiger partial charge is 0.0672 e. The maximum absolute atomic E-state index is 9.99. The van der Waals surface area contributed by atoms with Crippen molar-refractivity contribution in [1.29, 1.82) is 0 Å². The van der Waals surface area contributed by atoms with E-state index in [4.69, 9.17) is 0 Å². The van der Waals surface area contributed by atoms with Gasteiger partial charge in [0.05, 0.1) is 11.7 Å². The lowest BCUT2D eigenvalue weighted by atomic mass is 9.77. The maximum atomic E-state index is 9.99. The van der Waals surface area contributed by atoms with Gasteiger partial charge in [-0.15, -0.1) is 0 Å². The highest BCUT2D eigenvalue weighted by atomic mass is 16.3. The van der Waals surface area contributed by atoms with Crippen molar-refractivity contribution in [2.24, 2.45) is 17.8 Å². The van der Waals surface area contributed by atoms with Crippen molar-refractivity contribution in [3.63, 3.8) is 0 Å². The summed E-state index contributed by atoms with van der Waals surface area (Å²) in [6.07, 6.45) is 2.70. The second kappa shape index (κ2) is 2.46. The molecule has 2 saturated carbocycles. The van der Waals surface area contributed by atoms with Gasteiger partial charge in [0.25, 0.3) is 0 Å². The average molecular weight is 170 g/mol. The highest BCUT2D eigenvalue weighted by Gasteiger charge is 2.51. The number of aliphatic hydroxyl groups excluding tert-OH is 1. The van der Waals surface area contributed by atoms with Crippen molar-refractivity contribution in [3.8, 4) is 0 Å². The lowest BCUT2D eigenvalue weighted by Crippen LogP contribution is -2.40. The van der Waals surface area contributed by atoms with Crippen LogP contribution in [0.4, 0.5) is 0 Å². The minimum Gasteiger partial charge on any atom is -0.392 e. The molecule has 2 nitrogen and oxygen atoms in total. The Kier molecular flexibility index (Phi) is 1.74. The molecule has 0 saturated heterocycles. The van der Waals surface area contributed by atoms with Crippen molar-refractivity contribution in [1.82, 2.24) is 0 Å². The van der Waals surface area contributed by atoms with Crippen LogP contribution in [-0.4, -0.2) is 21.9 Å². The van der Waals surface area contributed by atoms with Gasteiger partial charge in [0.2, 0.25) is 0 Å². The molecular formula is C10H18O2. The average Bonchev–Trinajstić information content (AvgIpc) is 2.24. The van der Waals surface area contributed by atoms with E-state index in [-0.39, 0.29) is 12.0 Å². The van der Waals surface area contributed by atoms with Gasteiger partial charge in [-0.1, -0.05) is 6.92 Å². The minimum atomic E-state index is -0.610. The fraction of sp³-hybridized carbons (Fsp3) is 1.00. The minimum absolute atomic E-state index is 0.131. The first-order valence-electron chi connectivity index (χ1n) is 4.93. The Hall–Kier alpha value is -0.0800. The van der Waals surface area contributed by atoms with E-state index < -0.39 is 5.60 Å². The molecule has 1 unspecified atom stereocenters. The molecule has 2 fully saturated rings. The van der Waals surface area contributed by atoms with Crippen LogP contribution in [0.2, 0.25) is 0 Å². The van der Waals surface area contributed by atoms with Gasteiger partial charge in [-0.3, -0.25) is 0 Å². The first kappa shape index (κ1) is 8.52. The molecule has 0 aliphatic heterocycles. The van der Waals surface area contributed by atoms with Crippen LogP contribution in [0.3, 0.4) is 0 Å². The SMILES string of the molecule is C[C@@H]1[C@H]2CCC(C)(O)[C@H](C2)[C@H]1O. The number of rotatable bonds is 0. The van der Waals surface area contributed by atoms with Crippen molar-refractivity contribution in [3.05, 3.63) is 0 Å². The Labute approximate surface area is 73.6 Å². The zero-order chi connectivity index (χ0) is 8.93. The van der Waals surface area contributed by atoms with Gasteiger partial charge < -0.3 is 10.2 Å². The summed E-state index contributed by atoms with van der Waals surface area (Å²) < 4.78 is 0. The Bertz CT molecular complexity index is 188. The van der Waals surface area contributed by atoms with Gasteiger partial charge in [-0.05, 0) is 38.0 Å². The molecule has 0 aromatic heterocycles. The molecule has 0 aromatic carbocycles. The van der Waals surface area contributed by atoms with Crippen molar-refractivity contribution >= 4 is 0 Å². The largest absolute Gasteiger partial charge is 0.392 e. The normalized spacial score (nSPS) is 59.0. The second-order valence-electron chi connectivity index (χ2n) is 4.85. The van der Waals surface area contributed by atoms with Crippen LogP contribution in [0.5, 0.6) is 0 Å². The fourth-order valence-electron chi connectivity index (χ4n) is 2.99. The summed E-state index contributed by atoms with van der Waals surface area (Å²) in [5.41, 5.74) is -0.610. The summed E-state index contributed by atoms with van der Waals surface area (Å²) in [4.78, 5) is 0. The predicted molar refractivity (Wildman–Crippen MR) is 46.6 cm³/mol. The van der Waals surface area contributed by atoms with Gasteiger partial charge in [-0.25, -0.2) is 0 Å². The summed E-state index contributed by atoms with van der Waals surface area (Å²) >= 11 is 0. The quantitative estimate of drug-likeness (QED) is 0.573. The van der Waals surface area contributed by atoms with Crippen molar-refractivity contribution in [2.75, 3.05) is 0 Å². The molecule has 0 spiro atoms. The van der Waals surface area contributed by atoms with Crippen molar-refractivity contribution < 1.29 is 10.2 Å². The third kappa shape index (κ3) is 1.01. The van der Waals surface area contributed by atoms with E-state index in [1.54, 1.807) is 0 Å². The molecule has 70 valence electrons. The topological polar surface area (TPSA) is 40.5 Å². The van der Waals surface area contributed by atoms with Gasteiger partial charge >= 0.3 is 0 Å². The van der Waals surface area contributed by atoms with Crippen LogP contribution in [-0.2, 0) is 0 Å². The molecule has 5 atom stereocenters. The van der Waals surface area contributed by atoms with E-state index in [0.717, 1.165) is 19.3 Å². The van der Waals surface area contributed by atoms with Gasteiger partial charge in [-0.2, -0.15) is 0 Å². The molecule has 2 bridgehead atoms. The summed E-state index contributed by atoms with van der Waals surface area (Å²) in [6, 6.07) is 0. The molecule has 2 aliphatic rings. The number of aliphatic hydroxyl groups is 2. The van der Waals surface area contributed by atoms with E-state index in [1.165, 1.54) is 0 Å². The molecule has 2 heteroatoms. The first-order valence-corrected chi connectivity index (χ1v) is 4.93. The van der Waals surface area contributed by atoms with E-state index >= 15 is 0 Å². The van der Waals surface area contributed by atoms with E-state index in [2.05, 4.69) is 6.92 Å². The van der Waals surface area contributed by atoms with Crippen LogP contribution >= 0.6 is 0 Å². The summed E-state index contributed by atoms with van der Waals surface area (Å²) in [5.74, 6) is 1.18. The third-order valence-corrected chi connectivity index (χ3v) is 4.07. The van der Waals surface area contributed by atoms with E-state index in [9.17, 15) is 10.2 Å². The van der Waals surface area contributed by atoms with Gasteiger partial charge in [0.1, 0.15) is 0 Å². The zero-order valence-corrected chi connectivity index (χ0v) is 7.83. The van der Waals surface area contributed by atoms with Gasteiger partial charge in [0.15, 0.2) is 0 Å². The summed E-state index contributed by atoms with van der Waals surface area (Å²) in [6.45, 7) is 3.98. The molecular weight excluding hydrogens is 152 g/mol. The molecule has 12 heavy (non-hydrogen) atoms. The standard InChI is InChI=1S/C10H18O2/c1-6-7-3-4-10(2,12)8(5-7)9(6)11/h6-9,11-12H,3-5H2,1-2H3/t6-,7+,8-,9+,10?/m1/s1. The predicted octanol–water partition coefficient (Wildman–Crippen LogP) is 1.16. The third-order valence-electron chi connectivity index (χ3n) is 4.07. The lowest BCUT2D eigenvalue weighted by molar-refractivity contribution is -0.0620. The lowest BCUT2D eigenvalue weighted by Gasteiger charge is -2.35. The fourth-order valence-corrected chi connectivity index (χ4v) is 2.99. The Morgan fingerprint density at radius 2 is 2.08 bits per heavy atom. The molecule has 2 aliphatic carbocycles. The Balaban J connectivity index is 2.23. The van der Waals surface area contributed by atoms with E-state index in [1.807, 2.05) is 6.92 Å². The second-order valence-corrected chi connectivity index (χ2v) is 4.85. The zero-order valence-electron chi connectivity index (χ0n) is 7.83. The number of hydrogen-bond acceptors (Lipinski definition) is 2. The van der Waals surface area contributed by atoms with Crippen LogP contribution in [0.1, 0.15) is 33.1 Å². The summed E-state index contributed by atoms with van der Waals surface area (Å²) in [5, 5.41) is 19.8. The van der Waals surface area contributed by atoms with Crippen LogP contribution in [0.25, 0.3) is 0 Å². The van der Waals surface area contributed by atoms with Crippen molar-refractivity contribution in [2.45, 2.75) is 44.8 Å². The van der Waals surface area contributed by atoms with Crippen LogP contribution in [0, 0.1) is 17.8 Å². The maximum Gasteiger partial charge on any atom is 0.0672 e. The highest BCUT2D eigenvalue weighted by Crippen LogP contribution is 2.50. The molecule has 2 rings (SSSR count). The Morgan fingerprint density at radius 1 is 1.42 bits per heavy atom. The molecule has 0 aromatic rings.